The monoisotopic (exact) mass is 312 g/mol. The number of benzene rings is 1. The second-order valence-electron chi connectivity index (χ2n) is 3.89. The Kier molecular flexibility index (Phi) is 4.43. The van der Waals surface area contributed by atoms with Gasteiger partial charge in [0.05, 0.1) is 27.2 Å². The molecule has 1 atom stereocenters. The van der Waals surface area contributed by atoms with Crippen LogP contribution in [0, 0.1) is 15.3 Å². The number of aromatic nitrogens is 1. The molecule has 1 aromatic heterocycles. The third-order valence-corrected chi connectivity index (χ3v) is 4.26. The first-order valence-corrected chi connectivity index (χ1v) is 7.18. The Hall–Kier alpha value is -1.83. The Labute approximate surface area is 122 Å². The summed E-state index contributed by atoms with van der Waals surface area (Å²) in [5.41, 5.74) is 0.350. The molecule has 0 radical (unpaired) electrons. The molecule has 20 heavy (non-hydrogen) atoms. The van der Waals surface area contributed by atoms with E-state index in [1.54, 1.807) is 6.07 Å². The topological polar surface area (TPSA) is 93.1 Å². The molecule has 0 aliphatic rings. The van der Waals surface area contributed by atoms with Gasteiger partial charge >= 0.3 is 5.03 Å². The predicted octanol–water partition coefficient (Wildman–Crippen LogP) is 2.19. The number of halogens is 1. The van der Waals surface area contributed by atoms with Crippen LogP contribution in [0.3, 0.4) is 0 Å². The minimum absolute atomic E-state index is 0.0169. The van der Waals surface area contributed by atoms with Gasteiger partial charge in [0.15, 0.2) is 6.20 Å². The second kappa shape index (κ2) is 6.08. The van der Waals surface area contributed by atoms with Gasteiger partial charge in [-0.2, -0.15) is 0 Å². The summed E-state index contributed by atoms with van der Waals surface area (Å²) in [6.07, 6.45) is 1.25. The van der Waals surface area contributed by atoms with Gasteiger partial charge in [0.25, 0.3) is 5.69 Å². The number of nitro benzene ring substituents is 1. The molecule has 0 spiro atoms. The van der Waals surface area contributed by atoms with Crippen LogP contribution < -0.4 is 4.73 Å². The molecule has 0 aliphatic heterocycles. The van der Waals surface area contributed by atoms with E-state index in [1.807, 2.05) is 0 Å². The number of nitro groups is 1. The van der Waals surface area contributed by atoms with Crippen LogP contribution in [0.1, 0.15) is 5.56 Å². The van der Waals surface area contributed by atoms with E-state index in [9.17, 15) is 19.9 Å². The number of rotatable bonds is 4. The predicted molar refractivity (Wildman–Crippen MR) is 73.6 cm³/mol. The van der Waals surface area contributed by atoms with Crippen molar-refractivity contribution in [3.05, 3.63) is 68.5 Å². The van der Waals surface area contributed by atoms with Crippen molar-refractivity contribution in [3.63, 3.8) is 0 Å². The van der Waals surface area contributed by atoms with Crippen molar-refractivity contribution in [3.8, 4) is 0 Å². The van der Waals surface area contributed by atoms with Crippen LogP contribution in [0.2, 0.25) is 5.02 Å². The molecule has 0 bridgehead atoms. The standard InChI is InChI=1S/C12H9ClN2O4S/c13-11-7-10(15(17)18)5-4-9(11)8-20(19)12-3-1-2-6-14(12)16/h1-7H,8H2. The number of non-ortho nitro benzene ring substituents is 1. The Morgan fingerprint density at radius 2 is 2.05 bits per heavy atom. The lowest BCUT2D eigenvalue weighted by atomic mass is 10.2. The molecular weight excluding hydrogens is 304 g/mol. The average Bonchev–Trinajstić information content (AvgIpc) is 2.41. The normalized spacial score (nSPS) is 12.1. The maximum absolute atomic E-state index is 12.1. The summed E-state index contributed by atoms with van der Waals surface area (Å²) in [5, 5.41) is 22.3. The third kappa shape index (κ3) is 3.19. The van der Waals surface area contributed by atoms with E-state index in [0.717, 1.165) is 0 Å². The van der Waals surface area contributed by atoms with Crippen molar-refractivity contribution in [2.24, 2.45) is 0 Å². The molecule has 1 unspecified atom stereocenters. The van der Waals surface area contributed by atoms with E-state index in [4.69, 9.17) is 11.6 Å². The van der Waals surface area contributed by atoms with Gasteiger partial charge in [-0.25, -0.2) is 0 Å². The van der Waals surface area contributed by atoms with Crippen molar-refractivity contribution in [1.29, 1.82) is 0 Å². The molecule has 1 aromatic carbocycles. The molecule has 0 saturated heterocycles. The highest BCUT2D eigenvalue weighted by Gasteiger charge is 2.22. The molecule has 0 aliphatic carbocycles. The minimum Gasteiger partial charge on any atom is -0.615 e. The number of hydrogen-bond acceptors (Lipinski definition) is 4. The second-order valence-corrected chi connectivity index (χ2v) is 5.69. The lowest BCUT2D eigenvalue weighted by Gasteiger charge is -2.10. The lowest BCUT2D eigenvalue weighted by Crippen LogP contribution is -2.33. The Morgan fingerprint density at radius 1 is 1.30 bits per heavy atom. The minimum atomic E-state index is -1.58. The van der Waals surface area contributed by atoms with Gasteiger partial charge in [-0.15, -0.1) is 4.73 Å². The quantitative estimate of drug-likeness (QED) is 0.284. The van der Waals surface area contributed by atoms with Crippen molar-refractivity contribution < 1.29 is 14.2 Å². The highest BCUT2D eigenvalue weighted by atomic mass is 35.5. The van der Waals surface area contributed by atoms with E-state index >= 15 is 0 Å². The number of pyridine rings is 1. The molecule has 0 amide bonds. The van der Waals surface area contributed by atoms with E-state index in [2.05, 4.69) is 0 Å². The van der Waals surface area contributed by atoms with Gasteiger partial charge in [0.2, 0.25) is 0 Å². The SMILES string of the molecule is O=[N+]([O-])c1ccc(C[S+]([O-])c2cccc[n+]2[O-])c(Cl)c1. The van der Waals surface area contributed by atoms with Gasteiger partial charge in [0, 0.05) is 23.8 Å². The fourth-order valence-electron chi connectivity index (χ4n) is 1.57. The molecule has 1 heterocycles. The van der Waals surface area contributed by atoms with Crippen LogP contribution in [-0.2, 0) is 16.9 Å². The van der Waals surface area contributed by atoms with Gasteiger partial charge in [0.1, 0.15) is 5.75 Å². The molecule has 0 N–H and O–H groups in total. The molecule has 8 heteroatoms. The van der Waals surface area contributed by atoms with E-state index in [1.165, 1.54) is 36.5 Å². The molecule has 2 aromatic rings. The summed E-state index contributed by atoms with van der Waals surface area (Å²) in [4.78, 5) is 10.0. The van der Waals surface area contributed by atoms with E-state index in [-0.39, 0.29) is 21.5 Å². The van der Waals surface area contributed by atoms with Crippen LogP contribution >= 0.6 is 11.6 Å². The van der Waals surface area contributed by atoms with Crippen LogP contribution in [0.25, 0.3) is 0 Å². The first-order chi connectivity index (χ1) is 9.49. The smallest absolute Gasteiger partial charge is 0.393 e. The molecular formula is C12H9ClN2O4S. The Morgan fingerprint density at radius 3 is 2.65 bits per heavy atom. The molecule has 2 rings (SSSR count). The Bertz CT molecular complexity index is 653. The highest BCUT2D eigenvalue weighted by molar-refractivity contribution is 7.90. The fourth-order valence-corrected chi connectivity index (χ4v) is 3.07. The third-order valence-electron chi connectivity index (χ3n) is 2.56. The van der Waals surface area contributed by atoms with Crippen LogP contribution in [0.15, 0.2) is 47.6 Å². The highest BCUT2D eigenvalue weighted by Crippen LogP contribution is 2.25. The van der Waals surface area contributed by atoms with Gasteiger partial charge in [-0.1, -0.05) is 11.6 Å². The zero-order chi connectivity index (χ0) is 14.7. The summed E-state index contributed by atoms with van der Waals surface area (Å²) >= 11 is 4.34. The molecule has 0 fully saturated rings. The van der Waals surface area contributed by atoms with Crippen molar-refractivity contribution in [1.82, 2.24) is 0 Å². The van der Waals surface area contributed by atoms with Crippen LogP contribution in [0.4, 0.5) is 5.69 Å². The summed E-state index contributed by atoms with van der Waals surface area (Å²) in [5.74, 6) is 0.0169. The lowest BCUT2D eigenvalue weighted by molar-refractivity contribution is -0.646. The average molecular weight is 313 g/mol. The maximum Gasteiger partial charge on any atom is 0.393 e. The van der Waals surface area contributed by atoms with Crippen molar-refractivity contribution >= 4 is 28.5 Å². The van der Waals surface area contributed by atoms with Crippen molar-refractivity contribution in [2.75, 3.05) is 0 Å². The Balaban J connectivity index is 2.22. The summed E-state index contributed by atoms with van der Waals surface area (Å²) < 4.78 is 12.6. The van der Waals surface area contributed by atoms with Crippen LogP contribution in [0.5, 0.6) is 0 Å². The largest absolute Gasteiger partial charge is 0.615 e. The number of nitrogens with zero attached hydrogens (tertiary/aromatic N) is 2. The zero-order valence-electron chi connectivity index (χ0n) is 10.1. The van der Waals surface area contributed by atoms with Gasteiger partial charge < -0.3 is 9.76 Å². The van der Waals surface area contributed by atoms with Crippen LogP contribution in [-0.4, -0.2) is 9.48 Å². The fraction of sp³-hybridized carbons (Fsp3) is 0.0833. The summed E-state index contributed by atoms with van der Waals surface area (Å²) in [6.45, 7) is 0. The summed E-state index contributed by atoms with van der Waals surface area (Å²) in [7, 11) is 0. The first-order valence-electron chi connectivity index (χ1n) is 5.48. The van der Waals surface area contributed by atoms with E-state index in [0.29, 0.717) is 10.3 Å². The van der Waals surface area contributed by atoms with Crippen molar-refractivity contribution in [2.45, 2.75) is 10.8 Å². The maximum atomic E-state index is 12.1. The molecule has 104 valence electrons. The van der Waals surface area contributed by atoms with Gasteiger partial charge in [-0.05, 0) is 12.1 Å². The summed E-state index contributed by atoms with van der Waals surface area (Å²) in [6, 6.07) is 8.53. The zero-order valence-corrected chi connectivity index (χ0v) is 11.6. The number of hydrogen-bond donors (Lipinski definition) is 0. The first kappa shape index (κ1) is 14.6. The van der Waals surface area contributed by atoms with E-state index < -0.39 is 16.1 Å². The molecule has 0 saturated carbocycles. The molecule has 6 nitrogen and oxygen atoms in total. The van der Waals surface area contributed by atoms with Gasteiger partial charge in [-0.3, -0.25) is 10.1 Å².